The van der Waals surface area contributed by atoms with Gasteiger partial charge in [0.15, 0.2) is 0 Å². The van der Waals surface area contributed by atoms with E-state index in [4.69, 9.17) is 5.11 Å². The monoisotopic (exact) mass is 242 g/mol. The molecule has 0 bridgehead atoms. The molecule has 1 aromatic carbocycles. The maximum atomic E-state index is 11.6. The van der Waals surface area contributed by atoms with E-state index in [0.29, 0.717) is 5.57 Å². The van der Waals surface area contributed by atoms with Crippen molar-refractivity contribution in [1.82, 2.24) is 0 Å². The smallest absolute Gasteiger partial charge is 0.338 e. The van der Waals surface area contributed by atoms with Gasteiger partial charge in [-0.2, -0.15) is 8.42 Å². The van der Waals surface area contributed by atoms with Crippen molar-refractivity contribution in [3.05, 3.63) is 41.7 Å². The largest absolute Gasteiger partial charge is 0.392 e. The maximum Gasteiger partial charge on any atom is 0.338 e. The SMILES string of the molecule is C/C(=C/OS(=O)(=O)c1ccc(C)cc1)CO. The molecule has 0 aromatic heterocycles. The predicted octanol–water partition coefficient (Wildman–Crippen LogP) is 1.60. The highest BCUT2D eigenvalue weighted by Gasteiger charge is 2.13. The maximum absolute atomic E-state index is 11.6. The number of hydrogen-bond acceptors (Lipinski definition) is 4. The molecule has 1 N–H and O–H groups in total. The van der Waals surface area contributed by atoms with Crippen LogP contribution in [0.25, 0.3) is 0 Å². The first-order chi connectivity index (χ1) is 7.45. The van der Waals surface area contributed by atoms with Gasteiger partial charge in [0.05, 0.1) is 6.61 Å². The Morgan fingerprint density at radius 3 is 2.44 bits per heavy atom. The van der Waals surface area contributed by atoms with Gasteiger partial charge >= 0.3 is 10.1 Å². The molecule has 16 heavy (non-hydrogen) atoms. The van der Waals surface area contributed by atoms with Gasteiger partial charge in [0.2, 0.25) is 0 Å². The van der Waals surface area contributed by atoms with Crippen molar-refractivity contribution < 1.29 is 17.7 Å². The second-order valence-corrected chi connectivity index (χ2v) is 5.06. The van der Waals surface area contributed by atoms with Crippen molar-refractivity contribution in [1.29, 1.82) is 0 Å². The van der Waals surface area contributed by atoms with Crippen LogP contribution >= 0.6 is 0 Å². The highest BCUT2D eigenvalue weighted by Crippen LogP contribution is 2.13. The molecule has 0 aliphatic heterocycles. The highest BCUT2D eigenvalue weighted by atomic mass is 32.2. The summed E-state index contributed by atoms with van der Waals surface area (Å²) in [7, 11) is -3.77. The summed E-state index contributed by atoms with van der Waals surface area (Å²) >= 11 is 0. The fraction of sp³-hybridized carbons (Fsp3) is 0.273. The topological polar surface area (TPSA) is 63.6 Å². The normalized spacial score (nSPS) is 12.6. The van der Waals surface area contributed by atoms with Crippen LogP contribution in [0, 0.1) is 6.92 Å². The fourth-order valence-corrected chi connectivity index (χ4v) is 1.81. The Bertz CT molecular complexity index is 471. The Kier molecular flexibility index (Phi) is 4.09. The summed E-state index contributed by atoms with van der Waals surface area (Å²) in [5.41, 5.74) is 1.41. The molecule has 0 spiro atoms. The molecule has 0 saturated carbocycles. The minimum atomic E-state index is -3.77. The second-order valence-electron chi connectivity index (χ2n) is 3.49. The third-order valence-corrected chi connectivity index (χ3v) is 3.13. The van der Waals surface area contributed by atoms with Gasteiger partial charge < -0.3 is 9.29 Å². The summed E-state index contributed by atoms with van der Waals surface area (Å²) in [4.78, 5) is 0.0973. The number of aliphatic hydroxyl groups is 1. The minimum absolute atomic E-state index is 0.0973. The molecule has 0 atom stereocenters. The van der Waals surface area contributed by atoms with Gasteiger partial charge in [-0.1, -0.05) is 17.7 Å². The molecule has 5 heteroatoms. The molecule has 4 nitrogen and oxygen atoms in total. The summed E-state index contributed by atoms with van der Waals surface area (Å²) in [5.74, 6) is 0. The number of aliphatic hydroxyl groups excluding tert-OH is 1. The Labute approximate surface area is 95.3 Å². The van der Waals surface area contributed by atoms with E-state index in [1.165, 1.54) is 12.1 Å². The van der Waals surface area contributed by atoms with Gasteiger partial charge in [-0.3, -0.25) is 0 Å². The summed E-state index contributed by atoms with van der Waals surface area (Å²) in [5, 5.41) is 8.70. The zero-order valence-electron chi connectivity index (χ0n) is 9.17. The van der Waals surface area contributed by atoms with Crippen LogP contribution in [-0.2, 0) is 14.3 Å². The quantitative estimate of drug-likeness (QED) is 0.643. The molecule has 0 aliphatic rings. The Balaban J connectivity index is 2.91. The summed E-state index contributed by atoms with van der Waals surface area (Å²) in [6.07, 6.45) is 1.04. The van der Waals surface area contributed by atoms with E-state index in [1.54, 1.807) is 19.1 Å². The van der Waals surface area contributed by atoms with Gasteiger partial charge in [-0.25, -0.2) is 0 Å². The van der Waals surface area contributed by atoms with Crippen LogP contribution < -0.4 is 0 Å². The van der Waals surface area contributed by atoms with Crippen LogP contribution in [0.1, 0.15) is 12.5 Å². The van der Waals surface area contributed by atoms with Crippen LogP contribution in [0.4, 0.5) is 0 Å². The van der Waals surface area contributed by atoms with Crippen LogP contribution in [0.3, 0.4) is 0 Å². The Morgan fingerprint density at radius 2 is 1.94 bits per heavy atom. The zero-order chi connectivity index (χ0) is 12.2. The third kappa shape index (κ3) is 3.36. The molecule has 0 amide bonds. The molecule has 0 fully saturated rings. The van der Waals surface area contributed by atoms with E-state index < -0.39 is 10.1 Å². The van der Waals surface area contributed by atoms with Gasteiger partial charge in [0.1, 0.15) is 11.2 Å². The van der Waals surface area contributed by atoms with Gasteiger partial charge in [-0.15, -0.1) is 0 Å². The lowest BCUT2D eigenvalue weighted by Crippen LogP contribution is -2.03. The fourth-order valence-electron chi connectivity index (χ4n) is 0.943. The van der Waals surface area contributed by atoms with E-state index in [-0.39, 0.29) is 11.5 Å². The predicted molar refractivity (Wildman–Crippen MR) is 60.3 cm³/mol. The van der Waals surface area contributed by atoms with Crippen molar-refractivity contribution in [2.24, 2.45) is 0 Å². The molecule has 0 unspecified atom stereocenters. The lowest BCUT2D eigenvalue weighted by molar-refractivity contribution is 0.325. The molecule has 0 radical (unpaired) electrons. The molecular weight excluding hydrogens is 228 g/mol. The van der Waals surface area contributed by atoms with Gasteiger partial charge in [-0.05, 0) is 31.6 Å². The van der Waals surface area contributed by atoms with Crippen LogP contribution in [0.2, 0.25) is 0 Å². The number of hydrogen-bond donors (Lipinski definition) is 1. The third-order valence-electron chi connectivity index (χ3n) is 1.94. The number of rotatable bonds is 4. The molecule has 1 aromatic rings. The van der Waals surface area contributed by atoms with Crippen LogP contribution in [0.5, 0.6) is 0 Å². The standard InChI is InChI=1S/C11H14O4S/c1-9-3-5-11(6-4-9)16(13,14)15-8-10(2)7-12/h3-6,8,12H,7H2,1-2H3/b10-8-. The summed E-state index contributed by atoms with van der Waals surface area (Å²) in [6, 6.07) is 6.34. The lowest BCUT2D eigenvalue weighted by Gasteiger charge is -2.04. The highest BCUT2D eigenvalue weighted by molar-refractivity contribution is 7.86. The van der Waals surface area contributed by atoms with Crippen LogP contribution in [-0.4, -0.2) is 20.1 Å². The molecule has 1 rings (SSSR count). The van der Waals surface area contributed by atoms with Crippen molar-refractivity contribution in [3.63, 3.8) is 0 Å². The number of benzene rings is 1. The van der Waals surface area contributed by atoms with Crippen molar-refractivity contribution >= 4 is 10.1 Å². The van der Waals surface area contributed by atoms with E-state index in [0.717, 1.165) is 11.8 Å². The molecule has 0 heterocycles. The van der Waals surface area contributed by atoms with E-state index >= 15 is 0 Å². The first kappa shape index (κ1) is 12.7. The Hall–Kier alpha value is -1.33. The first-order valence-electron chi connectivity index (χ1n) is 4.72. The van der Waals surface area contributed by atoms with Crippen molar-refractivity contribution in [2.75, 3.05) is 6.61 Å². The summed E-state index contributed by atoms with van der Waals surface area (Å²) in [6.45, 7) is 3.21. The average Bonchev–Trinajstić information content (AvgIpc) is 2.26. The van der Waals surface area contributed by atoms with E-state index in [1.807, 2.05) is 6.92 Å². The molecular formula is C11H14O4S. The Morgan fingerprint density at radius 1 is 1.38 bits per heavy atom. The van der Waals surface area contributed by atoms with Crippen molar-refractivity contribution in [3.8, 4) is 0 Å². The molecule has 0 aliphatic carbocycles. The van der Waals surface area contributed by atoms with Crippen LogP contribution in [0.15, 0.2) is 41.0 Å². The summed E-state index contributed by atoms with van der Waals surface area (Å²) < 4.78 is 27.9. The lowest BCUT2D eigenvalue weighted by atomic mass is 10.2. The molecule has 88 valence electrons. The van der Waals surface area contributed by atoms with E-state index in [9.17, 15) is 8.42 Å². The first-order valence-corrected chi connectivity index (χ1v) is 6.13. The van der Waals surface area contributed by atoms with Gasteiger partial charge in [0, 0.05) is 0 Å². The minimum Gasteiger partial charge on any atom is -0.392 e. The zero-order valence-corrected chi connectivity index (χ0v) is 9.99. The number of aryl methyl sites for hydroxylation is 1. The average molecular weight is 242 g/mol. The van der Waals surface area contributed by atoms with E-state index in [2.05, 4.69) is 4.18 Å². The van der Waals surface area contributed by atoms with Crippen molar-refractivity contribution in [2.45, 2.75) is 18.7 Å². The van der Waals surface area contributed by atoms with Gasteiger partial charge in [0.25, 0.3) is 0 Å². The molecule has 0 saturated heterocycles. The second kappa shape index (κ2) is 5.14.